The first kappa shape index (κ1) is 18.6. The first-order valence-corrected chi connectivity index (χ1v) is 9.29. The molecule has 9 heteroatoms. The minimum atomic E-state index is -3.68. The van der Waals surface area contributed by atoms with E-state index in [0.717, 1.165) is 30.5 Å². The summed E-state index contributed by atoms with van der Waals surface area (Å²) in [6.07, 6.45) is 0. The van der Waals surface area contributed by atoms with E-state index in [1.54, 1.807) is 0 Å². The number of nitrogens with zero attached hydrogens (tertiary/aromatic N) is 2. The third-order valence-corrected chi connectivity index (χ3v) is 5.65. The second-order valence-electron chi connectivity index (χ2n) is 5.45. The van der Waals surface area contributed by atoms with Gasteiger partial charge in [0.15, 0.2) is 0 Å². The van der Waals surface area contributed by atoms with Gasteiger partial charge in [0.1, 0.15) is 5.82 Å². The molecule has 23 heavy (non-hydrogen) atoms. The van der Waals surface area contributed by atoms with Crippen LogP contribution in [0, 0.1) is 5.82 Å². The first-order chi connectivity index (χ1) is 10.9. The van der Waals surface area contributed by atoms with Gasteiger partial charge in [-0.2, -0.15) is 12.7 Å². The van der Waals surface area contributed by atoms with E-state index in [0.29, 0.717) is 13.1 Å². The fourth-order valence-corrected chi connectivity index (χ4v) is 3.46. The third-order valence-electron chi connectivity index (χ3n) is 3.77. The van der Waals surface area contributed by atoms with Gasteiger partial charge in [-0.25, -0.2) is 9.11 Å². The van der Waals surface area contributed by atoms with Crippen LogP contribution < -0.4 is 10.0 Å². The van der Waals surface area contributed by atoms with Crippen molar-refractivity contribution in [2.24, 2.45) is 0 Å². The molecule has 1 saturated heterocycles. The van der Waals surface area contributed by atoms with Crippen molar-refractivity contribution in [2.45, 2.75) is 6.54 Å². The van der Waals surface area contributed by atoms with E-state index in [2.05, 4.69) is 14.9 Å². The summed E-state index contributed by atoms with van der Waals surface area (Å²) in [5.41, 5.74) is 0.171. The molecule has 0 unspecified atom stereocenters. The van der Waals surface area contributed by atoms with Gasteiger partial charge in [0.2, 0.25) is 0 Å². The van der Waals surface area contributed by atoms with Crippen LogP contribution in [0.1, 0.15) is 5.56 Å². The lowest BCUT2D eigenvalue weighted by atomic mass is 10.2. The molecule has 2 N–H and O–H groups in total. The van der Waals surface area contributed by atoms with E-state index in [9.17, 15) is 12.8 Å². The Morgan fingerprint density at radius 3 is 2.74 bits per heavy atom. The number of rotatable bonds is 7. The molecule has 130 valence electrons. The van der Waals surface area contributed by atoms with Crippen LogP contribution in [0.25, 0.3) is 0 Å². The zero-order valence-corrected chi connectivity index (χ0v) is 14.6. The van der Waals surface area contributed by atoms with Crippen LogP contribution in [0.5, 0.6) is 0 Å². The van der Waals surface area contributed by atoms with Gasteiger partial charge in [-0.1, -0.05) is 17.7 Å². The summed E-state index contributed by atoms with van der Waals surface area (Å²) in [5.74, 6) is -0.514. The standard InChI is InChI=1S/C14H22ClFN4O2S/c1-19(11-12-13(15)3-2-4-14(12)16)23(21,22)18-7-10-20-8-5-17-6-9-20/h2-4,17-18H,5-11H2,1H3. The molecule has 0 aromatic heterocycles. The summed E-state index contributed by atoms with van der Waals surface area (Å²) >= 11 is 5.94. The molecule has 1 aliphatic heterocycles. The van der Waals surface area contributed by atoms with Gasteiger partial charge in [0, 0.05) is 63.4 Å². The quantitative estimate of drug-likeness (QED) is 0.745. The lowest BCUT2D eigenvalue weighted by Gasteiger charge is -2.27. The van der Waals surface area contributed by atoms with E-state index < -0.39 is 16.0 Å². The predicted octanol–water partition coefficient (Wildman–Crippen LogP) is 0.651. The summed E-state index contributed by atoms with van der Waals surface area (Å²) in [7, 11) is -2.28. The Kier molecular flexibility index (Phi) is 6.75. The topological polar surface area (TPSA) is 64.7 Å². The Morgan fingerprint density at radius 1 is 1.39 bits per heavy atom. The number of hydrogen-bond donors (Lipinski definition) is 2. The van der Waals surface area contributed by atoms with Gasteiger partial charge in [-0.3, -0.25) is 4.90 Å². The maximum absolute atomic E-state index is 13.8. The number of benzene rings is 1. The van der Waals surface area contributed by atoms with E-state index in [1.807, 2.05) is 0 Å². The molecule has 1 aromatic carbocycles. The zero-order valence-electron chi connectivity index (χ0n) is 13.1. The van der Waals surface area contributed by atoms with E-state index in [1.165, 1.54) is 25.2 Å². The van der Waals surface area contributed by atoms with Crippen molar-refractivity contribution in [3.05, 3.63) is 34.6 Å². The maximum atomic E-state index is 13.8. The van der Waals surface area contributed by atoms with Crippen LogP contribution in [0.15, 0.2) is 18.2 Å². The third kappa shape index (κ3) is 5.37. The zero-order chi connectivity index (χ0) is 16.9. The van der Waals surface area contributed by atoms with Crippen LogP contribution in [-0.2, 0) is 16.8 Å². The Balaban J connectivity index is 1.88. The highest BCUT2D eigenvalue weighted by molar-refractivity contribution is 7.87. The molecule has 1 aliphatic rings. The molecule has 1 heterocycles. The minimum Gasteiger partial charge on any atom is -0.314 e. The number of piperazine rings is 1. The second-order valence-corrected chi connectivity index (χ2v) is 7.72. The highest BCUT2D eigenvalue weighted by atomic mass is 35.5. The molecule has 0 radical (unpaired) electrons. The first-order valence-electron chi connectivity index (χ1n) is 7.47. The lowest BCUT2D eigenvalue weighted by Crippen LogP contribution is -2.47. The molecule has 0 aliphatic carbocycles. The molecule has 2 rings (SSSR count). The molecule has 0 saturated carbocycles. The summed E-state index contributed by atoms with van der Waals surface area (Å²) in [4.78, 5) is 2.19. The molecule has 6 nitrogen and oxygen atoms in total. The Hall–Kier alpha value is -0.770. The van der Waals surface area contributed by atoms with Gasteiger partial charge in [0.05, 0.1) is 0 Å². The highest BCUT2D eigenvalue weighted by Gasteiger charge is 2.20. The van der Waals surface area contributed by atoms with Crippen molar-refractivity contribution in [1.29, 1.82) is 0 Å². The average Bonchev–Trinajstić information content (AvgIpc) is 2.51. The van der Waals surface area contributed by atoms with Gasteiger partial charge in [0.25, 0.3) is 10.2 Å². The molecule has 1 fully saturated rings. The van der Waals surface area contributed by atoms with E-state index in [4.69, 9.17) is 11.6 Å². The monoisotopic (exact) mass is 364 g/mol. The van der Waals surface area contributed by atoms with E-state index in [-0.39, 0.29) is 17.1 Å². The van der Waals surface area contributed by atoms with Gasteiger partial charge in [-0.15, -0.1) is 0 Å². The molecule has 0 amide bonds. The Bertz CT molecular complexity index is 603. The van der Waals surface area contributed by atoms with Crippen LogP contribution >= 0.6 is 11.6 Å². The van der Waals surface area contributed by atoms with Gasteiger partial charge < -0.3 is 5.32 Å². The molecule has 1 aromatic rings. The van der Waals surface area contributed by atoms with Crippen molar-refractivity contribution < 1.29 is 12.8 Å². The van der Waals surface area contributed by atoms with Gasteiger partial charge >= 0.3 is 0 Å². The number of nitrogens with one attached hydrogen (secondary N) is 2. The van der Waals surface area contributed by atoms with Gasteiger partial charge in [-0.05, 0) is 12.1 Å². The van der Waals surface area contributed by atoms with E-state index >= 15 is 0 Å². The Morgan fingerprint density at radius 2 is 2.09 bits per heavy atom. The molecule has 0 spiro atoms. The second kappa shape index (κ2) is 8.36. The van der Waals surface area contributed by atoms with Crippen LogP contribution in [0.4, 0.5) is 4.39 Å². The summed E-state index contributed by atoms with van der Waals surface area (Å²) in [6, 6.07) is 4.29. The SMILES string of the molecule is CN(Cc1c(F)cccc1Cl)S(=O)(=O)NCCN1CCNCC1. The van der Waals surface area contributed by atoms with Crippen molar-refractivity contribution >= 4 is 21.8 Å². The number of hydrogen-bond acceptors (Lipinski definition) is 4. The largest absolute Gasteiger partial charge is 0.314 e. The molecular weight excluding hydrogens is 343 g/mol. The summed E-state index contributed by atoms with van der Waals surface area (Å²) in [5, 5.41) is 3.46. The lowest BCUT2D eigenvalue weighted by molar-refractivity contribution is 0.244. The summed E-state index contributed by atoms with van der Waals surface area (Å²) in [6.45, 7) is 4.49. The fourth-order valence-electron chi connectivity index (χ4n) is 2.37. The predicted molar refractivity (Wildman–Crippen MR) is 89.1 cm³/mol. The van der Waals surface area contributed by atoms with Crippen LogP contribution in [0.3, 0.4) is 0 Å². The Labute approximate surface area is 141 Å². The van der Waals surface area contributed by atoms with Crippen molar-refractivity contribution in [1.82, 2.24) is 19.2 Å². The minimum absolute atomic E-state index is 0.117. The molecule has 0 atom stereocenters. The maximum Gasteiger partial charge on any atom is 0.279 e. The normalized spacial score (nSPS) is 16.9. The highest BCUT2D eigenvalue weighted by Crippen LogP contribution is 2.20. The summed E-state index contributed by atoms with van der Waals surface area (Å²) < 4.78 is 41.8. The van der Waals surface area contributed by atoms with Crippen molar-refractivity contribution in [2.75, 3.05) is 46.3 Å². The molecular formula is C14H22ClFN4O2S. The van der Waals surface area contributed by atoms with Crippen molar-refractivity contribution in [3.63, 3.8) is 0 Å². The molecule has 0 bridgehead atoms. The smallest absolute Gasteiger partial charge is 0.279 e. The van der Waals surface area contributed by atoms with Crippen LogP contribution in [-0.4, -0.2) is 63.9 Å². The van der Waals surface area contributed by atoms with Crippen molar-refractivity contribution in [3.8, 4) is 0 Å². The number of halogens is 2. The fraction of sp³-hybridized carbons (Fsp3) is 0.571. The van der Waals surface area contributed by atoms with Crippen LogP contribution in [0.2, 0.25) is 5.02 Å². The average molecular weight is 365 g/mol.